The van der Waals surface area contributed by atoms with Crippen LogP contribution < -0.4 is 5.32 Å². The molecule has 1 heterocycles. The lowest BCUT2D eigenvalue weighted by molar-refractivity contribution is -0.140. The normalized spacial score (nSPS) is 18.5. The number of carbonyl (C=O) groups excluding carboxylic acids is 2. The second kappa shape index (κ2) is 9.31. The third-order valence-electron chi connectivity index (χ3n) is 5.87. The maximum atomic E-state index is 13.0. The zero-order chi connectivity index (χ0) is 21.8. The van der Waals surface area contributed by atoms with E-state index in [-0.39, 0.29) is 12.4 Å². The Morgan fingerprint density at radius 1 is 1.00 bits per heavy atom. The second-order valence-electron chi connectivity index (χ2n) is 7.88. The van der Waals surface area contributed by atoms with Crippen molar-refractivity contribution >= 4 is 11.8 Å². The Bertz CT molecular complexity index is 1030. The molecule has 0 fully saturated rings. The predicted octanol–water partition coefficient (Wildman–Crippen LogP) is 4.51. The fraction of sp³-hybridized carbons (Fsp3) is 0.308. The van der Waals surface area contributed by atoms with E-state index in [4.69, 9.17) is 9.47 Å². The fourth-order valence-electron chi connectivity index (χ4n) is 4.38. The summed E-state index contributed by atoms with van der Waals surface area (Å²) in [7, 11) is 1.56. The van der Waals surface area contributed by atoms with E-state index in [2.05, 4.69) is 17.4 Å². The summed E-state index contributed by atoms with van der Waals surface area (Å²) in [6.45, 7) is 2.38. The van der Waals surface area contributed by atoms with E-state index < -0.39 is 11.9 Å². The van der Waals surface area contributed by atoms with Crippen LogP contribution in [-0.2, 0) is 19.1 Å². The van der Waals surface area contributed by atoms with Crippen LogP contribution in [-0.4, -0.2) is 32.1 Å². The van der Waals surface area contributed by atoms with Crippen molar-refractivity contribution in [1.82, 2.24) is 5.32 Å². The Morgan fingerprint density at radius 3 is 2.42 bits per heavy atom. The molecule has 2 aromatic rings. The van der Waals surface area contributed by atoms with E-state index >= 15 is 0 Å². The molecule has 1 aliphatic heterocycles. The number of benzene rings is 2. The Balaban J connectivity index is 1.73. The summed E-state index contributed by atoms with van der Waals surface area (Å²) in [4.78, 5) is 26.0. The van der Waals surface area contributed by atoms with Gasteiger partial charge in [-0.2, -0.15) is 0 Å². The van der Waals surface area contributed by atoms with E-state index in [9.17, 15) is 9.59 Å². The van der Waals surface area contributed by atoms with Crippen molar-refractivity contribution in [2.24, 2.45) is 0 Å². The van der Waals surface area contributed by atoms with Crippen LogP contribution >= 0.6 is 0 Å². The smallest absolute Gasteiger partial charge is 0.336 e. The summed E-state index contributed by atoms with van der Waals surface area (Å²) in [5.41, 5.74) is 6.00. The zero-order valence-corrected chi connectivity index (χ0v) is 17.9. The Kier molecular flexibility index (Phi) is 6.33. The molecular weight excluding hydrogens is 390 g/mol. The molecule has 0 saturated carbocycles. The average Bonchev–Trinajstić information content (AvgIpc) is 2.79. The summed E-state index contributed by atoms with van der Waals surface area (Å²) >= 11 is 0. The van der Waals surface area contributed by atoms with E-state index in [0.717, 1.165) is 40.9 Å². The van der Waals surface area contributed by atoms with E-state index in [0.29, 0.717) is 24.2 Å². The van der Waals surface area contributed by atoms with Gasteiger partial charge in [0.15, 0.2) is 5.78 Å². The van der Waals surface area contributed by atoms with Crippen molar-refractivity contribution in [3.63, 3.8) is 0 Å². The molecular formula is C26H27NO4. The first kappa shape index (κ1) is 21.1. The molecule has 0 amide bonds. The van der Waals surface area contributed by atoms with Gasteiger partial charge in [0.2, 0.25) is 0 Å². The van der Waals surface area contributed by atoms with Crippen LogP contribution in [0.25, 0.3) is 11.1 Å². The second-order valence-corrected chi connectivity index (χ2v) is 7.88. The highest BCUT2D eigenvalue weighted by atomic mass is 16.6. The van der Waals surface area contributed by atoms with Gasteiger partial charge in [0.1, 0.15) is 6.61 Å². The van der Waals surface area contributed by atoms with Gasteiger partial charge >= 0.3 is 5.97 Å². The number of nitrogens with one attached hydrogen (secondary N) is 1. The van der Waals surface area contributed by atoms with E-state index in [1.807, 2.05) is 49.4 Å². The first-order valence-corrected chi connectivity index (χ1v) is 10.7. The van der Waals surface area contributed by atoms with Gasteiger partial charge in [0.05, 0.1) is 12.2 Å². The zero-order valence-electron chi connectivity index (χ0n) is 17.9. The topological polar surface area (TPSA) is 64.6 Å². The maximum Gasteiger partial charge on any atom is 0.336 e. The molecule has 0 aromatic heterocycles. The van der Waals surface area contributed by atoms with Gasteiger partial charge in [-0.25, -0.2) is 4.79 Å². The number of Topliss-reactive ketones (excluding diaryl/α,β-unsaturated/α-hetero) is 1. The third-order valence-corrected chi connectivity index (χ3v) is 5.87. The van der Waals surface area contributed by atoms with Crippen LogP contribution in [0, 0.1) is 0 Å². The lowest BCUT2D eigenvalue weighted by Gasteiger charge is -2.34. The molecule has 2 aromatic carbocycles. The molecule has 2 aliphatic rings. The average molecular weight is 418 g/mol. The molecule has 31 heavy (non-hydrogen) atoms. The van der Waals surface area contributed by atoms with E-state index in [1.54, 1.807) is 7.11 Å². The Morgan fingerprint density at radius 2 is 1.71 bits per heavy atom. The standard InChI is InChI=1S/C26H27NO4/c1-17-23(26(29)31-16-15-30-2)24(25-21(27-17)9-6-10-22(25)28)20-13-11-19(12-14-20)18-7-4-3-5-8-18/h3-5,7-8,11-14,24,27H,6,9-10,15-16H2,1-2H3/t24-/m0/s1. The van der Waals surface area contributed by atoms with Gasteiger partial charge in [0, 0.05) is 36.4 Å². The minimum absolute atomic E-state index is 0.0978. The van der Waals surface area contributed by atoms with Crippen molar-refractivity contribution in [2.75, 3.05) is 20.3 Å². The van der Waals surface area contributed by atoms with Gasteiger partial charge in [-0.3, -0.25) is 4.79 Å². The molecule has 4 rings (SSSR count). The van der Waals surface area contributed by atoms with Gasteiger partial charge in [-0.15, -0.1) is 0 Å². The quantitative estimate of drug-likeness (QED) is 0.553. The summed E-state index contributed by atoms with van der Waals surface area (Å²) in [5.74, 6) is -0.742. The summed E-state index contributed by atoms with van der Waals surface area (Å²) in [5, 5.41) is 3.31. The summed E-state index contributed by atoms with van der Waals surface area (Å²) in [6.07, 6.45) is 2.14. The van der Waals surface area contributed by atoms with Crippen molar-refractivity contribution in [1.29, 1.82) is 0 Å². The number of hydrogen-bond acceptors (Lipinski definition) is 5. The van der Waals surface area contributed by atoms with Crippen molar-refractivity contribution in [2.45, 2.75) is 32.1 Å². The number of hydrogen-bond donors (Lipinski definition) is 1. The number of dihydropyridines is 1. The van der Waals surface area contributed by atoms with Crippen LogP contribution in [0.4, 0.5) is 0 Å². The molecule has 5 heteroatoms. The number of rotatable bonds is 6. The SMILES string of the molecule is COCCOC(=O)C1=C(C)NC2=C(C(=O)CCC2)[C@H]1c1ccc(-c2ccccc2)cc1. The molecule has 0 saturated heterocycles. The molecule has 1 atom stereocenters. The maximum absolute atomic E-state index is 13.0. The fourth-order valence-corrected chi connectivity index (χ4v) is 4.38. The number of ether oxygens (including phenoxy) is 2. The molecule has 0 radical (unpaired) electrons. The first-order valence-electron chi connectivity index (χ1n) is 10.7. The van der Waals surface area contributed by atoms with Crippen LogP contribution in [0.3, 0.4) is 0 Å². The van der Waals surface area contributed by atoms with Crippen molar-refractivity contribution in [3.05, 3.63) is 82.7 Å². The highest BCUT2D eigenvalue weighted by molar-refractivity contribution is 6.03. The molecule has 1 N–H and O–H groups in total. The van der Waals surface area contributed by atoms with Gasteiger partial charge in [-0.05, 0) is 36.5 Å². The Hall–Kier alpha value is -3.18. The van der Waals surface area contributed by atoms with Crippen LogP contribution in [0.15, 0.2) is 77.1 Å². The van der Waals surface area contributed by atoms with Crippen LogP contribution in [0.1, 0.15) is 37.7 Å². The number of esters is 1. The third kappa shape index (κ3) is 4.32. The van der Waals surface area contributed by atoms with Gasteiger partial charge in [0.25, 0.3) is 0 Å². The van der Waals surface area contributed by atoms with Gasteiger partial charge < -0.3 is 14.8 Å². The van der Waals surface area contributed by atoms with Crippen molar-refractivity contribution < 1.29 is 19.1 Å². The van der Waals surface area contributed by atoms with Crippen LogP contribution in [0.5, 0.6) is 0 Å². The number of methoxy groups -OCH3 is 1. The molecule has 160 valence electrons. The molecule has 0 unspecified atom stereocenters. The lowest BCUT2D eigenvalue weighted by atomic mass is 9.75. The van der Waals surface area contributed by atoms with Gasteiger partial charge in [-0.1, -0.05) is 54.6 Å². The number of allylic oxidation sites excluding steroid dienone is 3. The Labute approximate surface area is 182 Å². The molecule has 5 nitrogen and oxygen atoms in total. The first-order chi connectivity index (χ1) is 15.1. The molecule has 1 aliphatic carbocycles. The highest BCUT2D eigenvalue weighted by Gasteiger charge is 2.39. The largest absolute Gasteiger partial charge is 0.460 e. The summed E-state index contributed by atoms with van der Waals surface area (Å²) < 4.78 is 10.5. The highest BCUT2D eigenvalue weighted by Crippen LogP contribution is 2.42. The lowest BCUT2D eigenvalue weighted by Crippen LogP contribution is -2.34. The summed E-state index contributed by atoms with van der Waals surface area (Å²) in [6, 6.07) is 18.3. The minimum atomic E-state index is -0.427. The predicted molar refractivity (Wildman–Crippen MR) is 119 cm³/mol. The monoisotopic (exact) mass is 417 g/mol. The number of ketones is 1. The minimum Gasteiger partial charge on any atom is -0.460 e. The molecule has 0 spiro atoms. The molecule has 0 bridgehead atoms. The van der Waals surface area contributed by atoms with E-state index in [1.165, 1.54) is 0 Å². The number of carbonyl (C=O) groups is 2. The van der Waals surface area contributed by atoms with Crippen molar-refractivity contribution in [3.8, 4) is 11.1 Å². The van der Waals surface area contributed by atoms with Crippen LogP contribution in [0.2, 0.25) is 0 Å².